The zero-order valence-corrected chi connectivity index (χ0v) is 10.5. The van der Waals surface area contributed by atoms with Crippen LogP contribution >= 0.6 is 0 Å². The van der Waals surface area contributed by atoms with Crippen LogP contribution in [-0.4, -0.2) is 43.8 Å². The van der Waals surface area contributed by atoms with Gasteiger partial charge in [-0.25, -0.2) is 4.98 Å². The SMILES string of the molecule is CNc1nccc(N(C)CC2CCCOC2)n1. The van der Waals surface area contributed by atoms with Gasteiger partial charge in [0, 0.05) is 33.4 Å². The first kappa shape index (κ1) is 12.1. The van der Waals surface area contributed by atoms with Crippen molar-refractivity contribution < 1.29 is 4.74 Å². The van der Waals surface area contributed by atoms with Gasteiger partial charge >= 0.3 is 0 Å². The molecule has 1 saturated heterocycles. The number of rotatable bonds is 4. The maximum absolute atomic E-state index is 5.49. The number of ether oxygens (including phenoxy) is 1. The summed E-state index contributed by atoms with van der Waals surface area (Å²) in [6.07, 6.45) is 4.19. The van der Waals surface area contributed by atoms with E-state index in [1.54, 1.807) is 6.20 Å². The third kappa shape index (κ3) is 3.30. The Morgan fingerprint density at radius 1 is 1.59 bits per heavy atom. The minimum Gasteiger partial charge on any atom is -0.381 e. The fourth-order valence-corrected chi connectivity index (χ4v) is 2.11. The van der Waals surface area contributed by atoms with Crippen molar-refractivity contribution in [1.82, 2.24) is 9.97 Å². The van der Waals surface area contributed by atoms with Crippen LogP contribution in [0.4, 0.5) is 11.8 Å². The van der Waals surface area contributed by atoms with Crippen molar-refractivity contribution in [3.05, 3.63) is 12.3 Å². The lowest BCUT2D eigenvalue weighted by Gasteiger charge is -2.27. The predicted molar refractivity (Wildman–Crippen MR) is 68.4 cm³/mol. The van der Waals surface area contributed by atoms with Crippen LogP contribution in [-0.2, 0) is 4.74 Å². The van der Waals surface area contributed by atoms with E-state index in [9.17, 15) is 0 Å². The van der Waals surface area contributed by atoms with Gasteiger partial charge in [0.25, 0.3) is 0 Å². The number of nitrogens with one attached hydrogen (secondary N) is 1. The Bertz CT molecular complexity index is 352. The number of hydrogen-bond donors (Lipinski definition) is 1. The first-order chi connectivity index (χ1) is 8.29. The highest BCUT2D eigenvalue weighted by molar-refractivity contribution is 5.41. The summed E-state index contributed by atoms with van der Waals surface area (Å²) in [5.41, 5.74) is 0. The third-order valence-corrected chi connectivity index (χ3v) is 3.04. The van der Waals surface area contributed by atoms with Gasteiger partial charge < -0.3 is 15.0 Å². The molecule has 1 N–H and O–H groups in total. The lowest BCUT2D eigenvalue weighted by atomic mass is 10.0. The molecule has 0 bridgehead atoms. The van der Waals surface area contributed by atoms with E-state index in [2.05, 4.69) is 27.2 Å². The maximum atomic E-state index is 5.49. The lowest BCUT2D eigenvalue weighted by Crippen LogP contribution is -2.31. The van der Waals surface area contributed by atoms with Crippen LogP contribution in [0, 0.1) is 5.92 Å². The van der Waals surface area contributed by atoms with Crippen molar-refractivity contribution in [3.8, 4) is 0 Å². The Morgan fingerprint density at radius 3 is 3.18 bits per heavy atom. The predicted octanol–water partition coefficient (Wildman–Crippen LogP) is 1.38. The maximum Gasteiger partial charge on any atom is 0.224 e. The second-order valence-corrected chi connectivity index (χ2v) is 4.45. The van der Waals surface area contributed by atoms with E-state index >= 15 is 0 Å². The zero-order chi connectivity index (χ0) is 12.1. The molecule has 1 atom stereocenters. The molecule has 5 nitrogen and oxygen atoms in total. The van der Waals surface area contributed by atoms with Gasteiger partial charge in [0.1, 0.15) is 5.82 Å². The number of anilines is 2. The highest BCUT2D eigenvalue weighted by atomic mass is 16.5. The summed E-state index contributed by atoms with van der Waals surface area (Å²) in [5, 5.41) is 2.95. The molecule has 0 saturated carbocycles. The Labute approximate surface area is 102 Å². The molecule has 0 aliphatic carbocycles. The molecule has 2 rings (SSSR count). The van der Waals surface area contributed by atoms with Gasteiger partial charge in [-0.05, 0) is 24.8 Å². The molecular weight excluding hydrogens is 216 g/mol. The first-order valence-corrected chi connectivity index (χ1v) is 6.09. The van der Waals surface area contributed by atoms with Crippen LogP contribution in [0.15, 0.2) is 12.3 Å². The van der Waals surface area contributed by atoms with Gasteiger partial charge in [-0.2, -0.15) is 4.98 Å². The minimum atomic E-state index is 0.613. The third-order valence-electron chi connectivity index (χ3n) is 3.04. The van der Waals surface area contributed by atoms with Gasteiger partial charge in [-0.3, -0.25) is 0 Å². The molecule has 0 amide bonds. The Kier molecular flexibility index (Phi) is 4.14. The van der Waals surface area contributed by atoms with Gasteiger partial charge in [0.05, 0.1) is 6.61 Å². The summed E-state index contributed by atoms with van der Waals surface area (Å²) < 4.78 is 5.49. The molecule has 1 unspecified atom stereocenters. The van der Waals surface area contributed by atoms with Gasteiger partial charge in [-0.15, -0.1) is 0 Å². The highest BCUT2D eigenvalue weighted by Gasteiger charge is 2.16. The summed E-state index contributed by atoms with van der Waals surface area (Å²) in [7, 11) is 3.89. The van der Waals surface area contributed by atoms with Crippen molar-refractivity contribution in [2.75, 3.05) is 44.1 Å². The molecule has 1 aliphatic heterocycles. The summed E-state index contributed by atoms with van der Waals surface area (Å²) in [6, 6.07) is 1.94. The zero-order valence-electron chi connectivity index (χ0n) is 10.5. The smallest absolute Gasteiger partial charge is 0.224 e. The second-order valence-electron chi connectivity index (χ2n) is 4.45. The van der Waals surface area contributed by atoms with Crippen molar-refractivity contribution in [2.24, 2.45) is 5.92 Å². The fraction of sp³-hybridized carbons (Fsp3) is 0.667. The van der Waals surface area contributed by atoms with E-state index in [1.807, 2.05) is 13.1 Å². The van der Waals surface area contributed by atoms with Crippen LogP contribution in [0.5, 0.6) is 0 Å². The summed E-state index contributed by atoms with van der Waals surface area (Å²) in [5.74, 6) is 2.23. The lowest BCUT2D eigenvalue weighted by molar-refractivity contribution is 0.0576. The average Bonchev–Trinajstić information content (AvgIpc) is 2.40. The molecule has 0 aromatic carbocycles. The minimum absolute atomic E-state index is 0.613. The van der Waals surface area contributed by atoms with E-state index in [1.165, 1.54) is 12.8 Å². The van der Waals surface area contributed by atoms with Crippen LogP contribution in [0.2, 0.25) is 0 Å². The molecule has 1 aromatic heterocycles. The van der Waals surface area contributed by atoms with Gasteiger partial charge in [0.2, 0.25) is 5.95 Å². The number of hydrogen-bond acceptors (Lipinski definition) is 5. The molecular formula is C12H20N4O. The van der Waals surface area contributed by atoms with E-state index < -0.39 is 0 Å². The van der Waals surface area contributed by atoms with Crippen molar-refractivity contribution in [3.63, 3.8) is 0 Å². The topological polar surface area (TPSA) is 50.3 Å². The summed E-state index contributed by atoms with van der Waals surface area (Å²) in [6.45, 7) is 2.77. The molecule has 94 valence electrons. The Morgan fingerprint density at radius 2 is 2.47 bits per heavy atom. The van der Waals surface area contributed by atoms with Crippen molar-refractivity contribution >= 4 is 11.8 Å². The Balaban J connectivity index is 1.95. The molecule has 1 aliphatic rings. The summed E-state index contributed by atoms with van der Waals surface area (Å²) in [4.78, 5) is 10.7. The highest BCUT2D eigenvalue weighted by Crippen LogP contribution is 2.17. The molecule has 1 fully saturated rings. The fourth-order valence-electron chi connectivity index (χ4n) is 2.11. The van der Waals surface area contributed by atoms with Crippen LogP contribution < -0.4 is 10.2 Å². The number of nitrogens with zero attached hydrogens (tertiary/aromatic N) is 3. The largest absolute Gasteiger partial charge is 0.381 e. The molecule has 0 spiro atoms. The van der Waals surface area contributed by atoms with Crippen molar-refractivity contribution in [1.29, 1.82) is 0 Å². The summed E-state index contributed by atoms with van der Waals surface area (Å²) >= 11 is 0. The first-order valence-electron chi connectivity index (χ1n) is 6.09. The van der Waals surface area contributed by atoms with Gasteiger partial charge in [-0.1, -0.05) is 0 Å². The molecule has 0 radical (unpaired) electrons. The van der Waals surface area contributed by atoms with Crippen LogP contribution in [0.3, 0.4) is 0 Å². The quantitative estimate of drug-likeness (QED) is 0.856. The molecule has 1 aromatic rings. The number of aromatic nitrogens is 2. The standard InChI is InChI=1S/C12H20N4O/c1-13-12-14-6-5-11(15-12)16(2)8-10-4-3-7-17-9-10/h5-6,10H,3-4,7-9H2,1-2H3,(H,13,14,15). The van der Waals surface area contributed by atoms with E-state index in [0.717, 1.165) is 25.6 Å². The molecule has 17 heavy (non-hydrogen) atoms. The molecule has 2 heterocycles. The average molecular weight is 236 g/mol. The van der Waals surface area contributed by atoms with E-state index in [-0.39, 0.29) is 0 Å². The van der Waals surface area contributed by atoms with Crippen LogP contribution in [0.1, 0.15) is 12.8 Å². The van der Waals surface area contributed by atoms with Crippen molar-refractivity contribution in [2.45, 2.75) is 12.8 Å². The monoisotopic (exact) mass is 236 g/mol. The second kappa shape index (κ2) is 5.82. The normalized spacial score (nSPS) is 20.0. The van der Waals surface area contributed by atoms with Crippen LogP contribution in [0.25, 0.3) is 0 Å². The molecule has 5 heteroatoms. The van der Waals surface area contributed by atoms with E-state index in [0.29, 0.717) is 11.9 Å². The van der Waals surface area contributed by atoms with Gasteiger partial charge in [0.15, 0.2) is 0 Å². The van der Waals surface area contributed by atoms with E-state index in [4.69, 9.17) is 4.74 Å². The Hall–Kier alpha value is -1.36.